The second-order valence-corrected chi connectivity index (χ2v) is 5.62. The van der Waals surface area contributed by atoms with Crippen LogP contribution in [0.15, 0.2) is 12.1 Å². The van der Waals surface area contributed by atoms with Gasteiger partial charge in [0.25, 0.3) is 0 Å². The normalized spacial score (nSPS) is 12.0. The lowest BCUT2D eigenvalue weighted by atomic mass is 9.97. The SMILES string of the molecule is COc1cc(C(C#N)OC(=O)C(C)(C)C)cc(OC)c1OC. The van der Waals surface area contributed by atoms with E-state index in [1.54, 1.807) is 32.9 Å². The van der Waals surface area contributed by atoms with Gasteiger partial charge in [-0.1, -0.05) is 0 Å². The van der Waals surface area contributed by atoms with Crippen molar-refractivity contribution in [3.05, 3.63) is 17.7 Å². The van der Waals surface area contributed by atoms with Crippen LogP contribution in [0.4, 0.5) is 0 Å². The number of benzene rings is 1. The van der Waals surface area contributed by atoms with Crippen molar-refractivity contribution in [3.8, 4) is 23.3 Å². The molecular formula is C16H21NO5. The Bertz CT molecular complexity index is 558. The standard InChI is InChI=1S/C16H21NO5/c1-16(2,3)15(18)22-13(9-17)10-7-11(19-4)14(21-6)12(8-10)20-5/h7-8,13H,1-6H3. The fourth-order valence-electron chi connectivity index (χ4n) is 1.71. The van der Waals surface area contributed by atoms with Crippen LogP contribution >= 0.6 is 0 Å². The number of carbonyl (C=O) groups excluding carboxylic acids is 1. The van der Waals surface area contributed by atoms with E-state index in [-0.39, 0.29) is 0 Å². The second-order valence-electron chi connectivity index (χ2n) is 5.62. The Morgan fingerprint density at radius 1 is 1.09 bits per heavy atom. The van der Waals surface area contributed by atoms with Crippen LogP contribution in [0.25, 0.3) is 0 Å². The summed E-state index contributed by atoms with van der Waals surface area (Å²) in [6.07, 6.45) is -1.06. The molecule has 0 N–H and O–H groups in total. The van der Waals surface area contributed by atoms with E-state index in [1.165, 1.54) is 21.3 Å². The van der Waals surface area contributed by atoms with Crippen molar-refractivity contribution in [2.45, 2.75) is 26.9 Å². The zero-order valence-electron chi connectivity index (χ0n) is 13.7. The molecule has 0 spiro atoms. The molecule has 1 aromatic rings. The number of esters is 1. The summed E-state index contributed by atoms with van der Waals surface area (Å²) in [5.74, 6) is 0.730. The molecule has 120 valence electrons. The number of rotatable bonds is 5. The molecule has 6 nitrogen and oxygen atoms in total. The van der Waals surface area contributed by atoms with Gasteiger partial charge in [-0.2, -0.15) is 5.26 Å². The summed E-state index contributed by atoms with van der Waals surface area (Å²) in [6, 6.07) is 5.14. The number of hydrogen-bond donors (Lipinski definition) is 0. The first-order valence-corrected chi connectivity index (χ1v) is 6.69. The fourth-order valence-corrected chi connectivity index (χ4v) is 1.71. The van der Waals surface area contributed by atoms with Crippen molar-refractivity contribution >= 4 is 5.97 Å². The van der Waals surface area contributed by atoms with E-state index in [1.807, 2.05) is 6.07 Å². The Morgan fingerprint density at radius 2 is 1.59 bits per heavy atom. The third kappa shape index (κ3) is 3.82. The quantitative estimate of drug-likeness (QED) is 0.778. The maximum atomic E-state index is 12.0. The van der Waals surface area contributed by atoms with E-state index in [0.29, 0.717) is 22.8 Å². The first-order chi connectivity index (χ1) is 10.3. The minimum absolute atomic E-state index is 0.393. The van der Waals surface area contributed by atoms with Gasteiger partial charge < -0.3 is 18.9 Å². The van der Waals surface area contributed by atoms with Crippen molar-refractivity contribution < 1.29 is 23.7 Å². The molecule has 0 saturated heterocycles. The van der Waals surface area contributed by atoms with Gasteiger partial charge in [-0.05, 0) is 32.9 Å². The molecule has 1 atom stereocenters. The van der Waals surface area contributed by atoms with Crippen LogP contribution < -0.4 is 14.2 Å². The molecule has 0 aliphatic heterocycles. The largest absolute Gasteiger partial charge is 0.493 e. The molecule has 1 unspecified atom stereocenters. The summed E-state index contributed by atoms with van der Waals surface area (Å²) in [5.41, 5.74) is -0.245. The van der Waals surface area contributed by atoms with E-state index in [0.717, 1.165) is 0 Å². The molecule has 0 amide bonds. The second kappa shape index (κ2) is 7.03. The smallest absolute Gasteiger partial charge is 0.312 e. The van der Waals surface area contributed by atoms with Crippen molar-refractivity contribution in [2.75, 3.05) is 21.3 Å². The molecule has 1 rings (SSSR count). The molecule has 0 aliphatic carbocycles. The predicted molar refractivity (Wildman–Crippen MR) is 80.0 cm³/mol. The molecule has 6 heteroatoms. The van der Waals surface area contributed by atoms with Gasteiger partial charge in [0.1, 0.15) is 6.07 Å². The summed E-state index contributed by atoms with van der Waals surface area (Å²) >= 11 is 0. The van der Waals surface area contributed by atoms with Crippen LogP contribution in [0.3, 0.4) is 0 Å². The number of methoxy groups -OCH3 is 3. The minimum atomic E-state index is -1.06. The third-order valence-corrected chi connectivity index (χ3v) is 2.94. The minimum Gasteiger partial charge on any atom is -0.493 e. The number of hydrogen-bond acceptors (Lipinski definition) is 6. The van der Waals surface area contributed by atoms with Crippen LogP contribution in [0.1, 0.15) is 32.4 Å². The monoisotopic (exact) mass is 307 g/mol. The Balaban J connectivity index is 3.23. The summed E-state index contributed by atoms with van der Waals surface area (Å²) in [7, 11) is 4.44. The lowest BCUT2D eigenvalue weighted by Gasteiger charge is -2.21. The first kappa shape index (κ1) is 17.6. The van der Waals surface area contributed by atoms with E-state index in [9.17, 15) is 10.1 Å². The Hall–Kier alpha value is -2.42. The van der Waals surface area contributed by atoms with Gasteiger partial charge in [0, 0.05) is 5.56 Å². The topological polar surface area (TPSA) is 77.8 Å². The Labute approximate surface area is 130 Å². The highest BCUT2D eigenvalue weighted by molar-refractivity contribution is 5.76. The van der Waals surface area contributed by atoms with Crippen LogP contribution in [0.2, 0.25) is 0 Å². The van der Waals surface area contributed by atoms with Crippen molar-refractivity contribution in [1.29, 1.82) is 5.26 Å². The maximum Gasteiger partial charge on any atom is 0.312 e. The third-order valence-electron chi connectivity index (χ3n) is 2.94. The average Bonchev–Trinajstić information content (AvgIpc) is 2.49. The van der Waals surface area contributed by atoms with Gasteiger partial charge in [-0.15, -0.1) is 0 Å². The lowest BCUT2D eigenvalue weighted by molar-refractivity contribution is -0.156. The molecule has 0 heterocycles. The highest BCUT2D eigenvalue weighted by Crippen LogP contribution is 2.40. The number of carbonyl (C=O) groups is 1. The molecule has 0 bridgehead atoms. The molecule has 0 aromatic heterocycles. The summed E-state index contributed by atoms with van der Waals surface area (Å²) < 4.78 is 21.0. The molecule has 1 aromatic carbocycles. The fraction of sp³-hybridized carbons (Fsp3) is 0.500. The lowest BCUT2D eigenvalue weighted by Crippen LogP contribution is -2.24. The summed E-state index contributed by atoms with van der Waals surface area (Å²) in [4.78, 5) is 12.0. The number of nitriles is 1. The van der Waals surface area contributed by atoms with Gasteiger partial charge >= 0.3 is 5.97 Å². The van der Waals surface area contributed by atoms with Crippen LogP contribution in [0, 0.1) is 16.7 Å². The number of nitrogens with zero attached hydrogens (tertiary/aromatic N) is 1. The molecule has 0 aliphatic rings. The average molecular weight is 307 g/mol. The molecule has 22 heavy (non-hydrogen) atoms. The predicted octanol–water partition coefficient (Wildman–Crippen LogP) is 2.87. The van der Waals surface area contributed by atoms with Gasteiger partial charge in [0.2, 0.25) is 11.9 Å². The van der Waals surface area contributed by atoms with E-state index in [4.69, 9.17) is 18.9 Å². The van der Waals surface area contributed by atoms with E-state index in [2.05, 4.69) is 0 Å². The number of ether oxygens (including phenoxy) is 4. The molecule has 0 fully saturated rings. The first-order valence-electron chi connectivity index (χ1n) is 6.69. The van der Waals surface area contributed by atoms with Gasteiger partial charge in [0.05, 0.1) is 26.7 Å². The van der Waals surface area contributed by atoms with Gasteiger partial charge in [0.15, 0.2) is 11.5 Å². The zero-order valence-corrected chi connectivity index (χ0v) is 13.7. The van der Waals surface area contributed by atoms with Gasteiger partial charge in [-0.25, -0.2) is 0 Å². The maximum absolute atomic E-state index is 12.0. The van der Waals surface area contributed by atoms with Crippen molar-refractivity contribution in [2.24, 2.45) is 5.41 Å². The molecule has 0 radical (unpaired) electrons. The van der Waals surface area contributed by atoms with Crippen LogP contribution in [-0.2, 0) is 9.53 Å². The summed E-state index contributed by atoms with van der Waals surface area (Å²) in [5, 5.41) is 9.31. The van der Waals surface area contributed by atoms with E-state index < -0.39 is 17.5 Å². The molecule has 0 saturated carbocycles. The molecular weight excluding hydrogens is 286 g/mol. The highest BCUT2D eigenvalue weighted by Gasteiger charge is 2.28. The highest BCUT2D eigenvalue weighted by atomic mass is 16.5. The van der Waals surface area contributed by atoms with Crippen molar-refractivity contribution in [3.63, 3.8) is 0 Å². The Morgan fingerprint density at radius 3 is 1.91 bits per heavy atom. The van der Waals surface area contributed by atoms with Crippen LogP contribution in [-0.4, -0.2) is 27.3 Å². The van der Waals surface area contributed by atoms with Crippen LogP contribution in [0.5, 0.6) is 17.2 Å². The van der Waals surface area contributed by atoms with E-state index >= 15 is 0 Å². The Kier molecular flexibility index (Phi) is 5.63. The van der Waals surface area contributed by atoms with Crippen molar-refractivity contribution in [1.82, 2.24) is 0 Å². The summed E-state index contributed by atoms with van der Waals surface area (Å²) in [6.45, 7) is 5.16. The zero-order chi connectivity index (χ0) is 16.9. The van der Waals surface area contributed by atoms with Gasteiger partial charge in [-0.3, -0.25) is 4.79 Å².